The van der Waals surface area contributed by atoms with Crippen molar-refractivity contribution in [2.75, 3.05) is 56.4 Å². The number of amides is 2. The Kier molecular flexibility index (Phi) is 7.14. The van der Waals surface area contributed by atoms with Crippen LogP contribution in [0.2, 0.25) is 0 Å². The molecule has 0 atom stereocenters. The normalized spacial score (nSPS) is 15.0. The molecule has 3 rings (SSSR count). The number of ether oxygens (including phenoxy) is 1. The lowest BCUT2D eigenvalue weighted by Gasteiger charge is -2.30. The number of rotatable bonds is 6. The summed E-state index contributed by atoms with van der Waals surface area (Å²) in [6, 6.07) is 8.91. The van der Waals surface area contributed by atoms with E-state index in [4.69, 9.17) is 9.72 Å². The summed E-state index contributed by atoms with van der Waals surface area (Å²) >= 11 is 0. The first-order valence-electron chi connectivity index (χ1n) is 9.79. The second-order valence-corrected chi connectivity index (χ2v) is 9.58. The highest BCUT2D eigenvalue weighted by Crippen LogP contribution is 2.38. The maximum atomic E-state index is 12.0. The summed E-state index contributed by atoms with van der Waals surface area (Å²) < 4.78 is 25.3. The van der Waals surface area contributed by atoms with Gasteiger partial charge >= 0.3 is 6.03 Å². The predicted octanol–water partition coefficient (Wildman–Crippen LogP) is 3.34. The van der Waals surface area contributed by atoms with Gasteiger partial charge in [-0.05, 0) is 31.2 Å². The molecular formula is C20H29N5O4S. The zero-order valence-corrected chi connectivity index (χ0v) is 18.4. The fourth-order valence-electron chi connectivity index (χ4n) is 2.99. The molecule has 0 unspecified atom stereocenters. The first kappa shape index (κ1) is 22.3. The molecule has 0 spiro atoms. The van der Waals surface area contributed by atoms with Crippen molar-refractivity contribution in [2.45, 2.75) is 12.7 Å². The minimum Gasteiger partial charge on any atom is -0.378 e. The van der Waals surface area contributed by atoms with Crippen LogP contribution in [0.25, 0.3) is 11.4 Å². The van der Waals surface area contributed by atoms with Crippen molar-refractivity contribution in [3.8, 4) is 11.4 Å². The lowest BCUT2D eigenvalue weighted by atomic mass is 10.2. The van der Waals surface area contributed by atoms with Crippen LogP contribution in [-0.2, 0) is 10.5 Å². The summed E-state index contributed by atoms with van der Waals surface area (Å²) in [7, 11) is -1.01. The maximum Gasteiger partial charge on any atom is 0.321 e. The van der Waals surface area contributed by atoms with Gasteiger partial charge in [-0.15, -0.1) is 0 Å². The highest BCUT2D eigenvalue weighted by Gasteiger charge is 2.18. The zero-order chi connectivity index (χ0) is 21.7. The summed E-state index contributed by atoms with van der Waals surface area (Å²) in [6.07, 6.45) is 1.41. The van der Waals surface area contributed by atoms with Gasteiger partial charge in [-0.3, -0.25) is 9.11 Å². The first-order chi connectivity index (χ1) is 14.2. The van der Waals surface area contributed by atoms with Crippen LogP contribution in [0.3, 0.4) is 0 Å². The van der Waals surface area contributed by atoms with Crippen molar-refractivity contribution in [1.82, 2.24) is 14.9 Å². The second-order valence-electron chi connectivity index (χ2n) is 7.30. The summed E-state index contributed by atoms with van der Waals surface area (Å²) in [5.74, 6) is 1.31. The average molecular weight is 436 g/mol. The van der Waals surface area contributed by atoms with Crippen LogP contribution < -0.4 is 10.2 Å². The molecule has 30 heavy (non-hydrogen) atoms. The molecule has 0 radical (unpaired) electrons. The number of anilines is 2. The maximum absolute atomic E-state index is 12.0. The quantitative estimate of drug-likeness (QED) is 0.638. The minimum atomic E-state index is -2.74. The molecule has 164 valence electrons. The van der Waals surface area contributed by atoms with Crippen LogP contribution in [0, 0.1) is 0 Å². The Hall–Kier alpha value is -2.40. The number of hydrogen-bond donors (Lipinski definition) is 3. The van der Waals surface area contributed by atoms with E-state index in [2.05, 4.69) is 15.2 Å². The Balaban J connectivity index is 1.87. The number of carbonyl (C=O) groups excluding carboxylic acids is 1. The molecular weight excluding hydrogens is 406 g/mol. The van der Waals surface area contributed by atoms with Gasteiger partial charge in [-0.25, -0.2) is 14.8 Å². The third kappa shape index (κ3) is 6.05. The Labute approximate surface area is 178 Å². The van der Waals surface area contributed by atoms with Gasteiger partial charge in [-0.2, -0.15) is 10.6 Å². The van der Waals surface area contributed by atoms with Gasteiger partial charge in [0.1, 0.15) is 5.82 Å². The molecule has 0 saturated carbocycles. The molecule has 2 amide bonds. The summed E-state index contributed by atoms with van der Waals surface area (Å²) in [4.78, 5) is 25.0. The Morgan fingerprint density at radius 2 is 1.90 bits per heavy atom. The van der Waals surface area contributed by atoms with Crippen LogP contribution in [0.15, 0.2) is 30.3 Å². The van der Waals surface area contributed by atoms with Crippen molar-refractivity contribution in [3.05, 3.63) is 36.0 Å². The zero-order valence-electron chi connectivity index (χ0n) is 17.5. The molecule has 2 heterocycles. The smallest absolute Gasteiger partial charge is 0.321 e. The summed E-state index contributed by atoms with van der Waals surface area (Å²) in [5.41, 5.74) is 2.03. The van der Waals surface area contributed by atoms with E-state index in [9.17, 15) is 13.9 Å². The van der Waals surface area contributed by atoms with E-state index in [1.807, 2.05) is 25.1 Å². The van der Waals surface area contributed by atoms with E-state index in [0.717, 1.165) is 11.4 Å². The van der Waals surface area contributed by atoms with Gasteiger partial charge < -0.3 is 19.9 Å². The molecule has 1 aliphatic heterocycles. The standard InChI is InChI=1S/C20H29N5O4S/c1-4-24(2)20(26)22-16-7-5-15(6-8-16)19-21-17(14-30(3,27)28)13-18(23-19)25-9-11-29-12-10-25/h5-8,13,27-28H,4,9-12,14H2,1-3H3,(H,22,26). The van der Waals surface area contributed by atoms with E-state index in [0.29, 0.717) is 50.1 Å². The van der Waals surface area contributed by atoms with Crippen LogP contribution in [0.4, 0.5) is 16.3 Å². The SMILES string of the molecule is CCN(C)C(=O)Nc1ccc(-c2nc(CS(C)(O)O)cc(N3CCOCC3)n2)cc1. The fraction of sp³-hybridized carbons (Fsp3) is 0.450. The molecule has 3 N–H and O–H groups in total. The molecule has 0 aliphatic carbocycles. The van der Waals surface area contributed by atoms with E-state index >= 15 is 0 Å². The average Bonchev–Trinajstić information content (AvgIpc) is 2.72. The number of carbonyl (C=O) groups is 1. The highest BCUT2D eigenvalue weighted by atomic mass is 32.3. The van der Waals surface area contributed by atoms with Crippen LogP contribution >= 0.6 is 10.6 Å². The number of hydrogen-bond acceptors (Lipinski definition) is 7. The molecule has 9 nitrogen and oxygen atoms in total. The highest BCUT2D eigenvalue weighted by molar-refractivity contribution is 8.23. The Morgan fingerprint density at radius 3 is 2.50 bits per heavy atom. The molecule has 1 aromatic carbocycles. The van der Waals surface area contributed by atoms with Gasteiger partial charge in [0.05, 0.1) is 24.7 Å². The van der Waals surface area contributed by atoms with Gasteiger partial charge in [0.25, 0.3) is 0 Å². The van der Waals surface area contributed by atoms with Crippen LogP contribution in [-0.4, -0.2) is 76.2 Å². The predicted molar refractivity (Wildman–Crippen MR) is 120 cm³/mol. The van der Waals surface area contributed by atoms with Gasteiger partial charge in [0.15, 0.2) is 5.82 Å². The van der Waals surface area contributed by atoms with E-state index < -0.39 is 10.6 Å². The summed E-state index contributed by atoms with van der Waals surface area (Å²) in [6.45, 7) is 5.20. The molecule has 10 heteroatoms. The lowest BCUT2D eigenvalue weighted by molar-refractivity contribution is 0.122. The number of nitrogens with zero attached hydrogens (tertiary/aromatic N) is 4. The first-order valence-corrected chi connectivity index (χ1v) is 11.9. The van der Waals surface area contributed by atoms with Crippen molar-refractivity contribution in [2.24, 2.45) is 0 Å². The van der Waals surface area contributed by atoms with Crippen molar-refractivity contribution < 1.29 is 18.6 Å². The Morgan fingerprint density at radius 1 is 1.23 bits per heavy atom. The molecule has 1 aliphatic rings. The molecule has 2 aromatic rings. The van der Waals surface area contributed by atoms with Gasteiger partial charge in [0, 0.05) is 50.3 Å². The van der Waals surface area contributed by atoms with Gasteiger partial charge in [-0.1, -0.05) is 0 Å². The number of morpholine rings is 1. The van der Waals surface area contributed by atoms with Crippen LogP contribution in [0.5, 0.6) is 0 Å². The molecule has 1 aromatic heterocycles. The molecule has 0 bridgehead atoms. The number of aromatic nitrogens is 2. The van der Waals surface area contributed by atoms with Crippen LogP contribution in [0.1, 0.15) is 12.6 Å². The number of urea groups is 1. The number of benzene rings is 1. The fourth-order valence-corrected chi connectivity index (χ4v) is 3.69. The third-order valence-corrected chi connectivity index (χ3v) is 5.58. The minimum absolute atomic E-state index is 0.0668. The topological polar surface area (TPSA) is 111 Å². The Bertz CT molecular complexity index is 866. The van der Waals surface area contributed by atoms with Crippen molar-refractivity contribution in [1.29, 1.82) is 0 Å². The van der Waals surface area contributed by atoms with E-state index in [1.165, 1.54) is 6.26 Å². The number of nitrogens with one attached hydrogen (secondary N) is 1. The monoisotopic (exact) mass is 435 g/mol. The largest absolute Gasteiger partial charge is 0.378 e. The molecule has 1 saturated heterocycles. The summed E-state index contributed by atoms with van der Waals surface area (Å²) in [5, 5.41) is 2.84. The van der Waals surface area contributed by atoms with Crippen molar-refractivity contribution in [3.63, 3.8) is 0 Å². The molecule has 1 fully saturated rings. The third-order valence-electron chi connectivity index (χ3n) is 4.74. The van der Waals surface area contributed by atoms with E-state index in [1.54, 1.807) is 24.1 Å². The van der Waals surface area contributed by atoms with E-state index in [-0.39, 0.29) is 11.8 Å². The van der Waals surface area contributed by atoms with Gasteiger partial charge in [0.2, 0.25) is 0 Å². The lowest BCUT2D eigenvalue weighted by Crippen LogP contribution is -2.37. The second kappa shape index (κ2) is 9.61. The van der Waals surface area contributed by atoms with Crippen molar-refractivity contribution >= 4 is 28.1 Å².